The molecule has 5 heteroatoms. The zero-order valence-electron chi connectivity index (χ0n) is 10.1. The summed E-state index contributed by atoms with van der Waals surface area (Å²) in [4.78, 5) is 0.201. The van der Waals surface area contributed by atoms with Crippen molar-refractivity contribution < 1.29 is 4.74 Å². The van der Waals surface area contributed by atoms with E-state index in [1.165, 1.54) is 0 Å². The molecule has 2 aromatic carbocycles. The molecule has 0 unspecified atom stereocenters. The van der Waals surface area contributed by atoms with Crippen molar-refractivity contribution in [2.24, 2.45) is 5.73 Å². The van der Waals surface area contributed by atoms with Gasteiger partial charge in [-0.2, -0.15) is 0 Å². The molecule has 0 bridgehead atoms. The van der Waals surface area contributed by atoms with Gasteiger partial charge in [-0.3, -0.25) is 0 Å². The van der Waals surface area contributed by atoms with E-state index in [1.807, 2.05) is 13.0 Å². The Kier molecular flexibility index (Phi) is 4.30. The highest BCUT2D eigenvalue weighted by molar-refractivity contribution is 7.80. The van der Waals surface area contributed by atoms with E-state index in [-0.39, 0.29) is 4.99 Å². The van der Waals surface area contributed by atoms with Gasteiger partial charge in [0.05, 0.1) is 10.6 Å². The Labute approximate surface area is 127 Å². The number of hydrogen-bond acceptors (Lipinski definition) is 2. The Bertz CT molecular complexity index is 643. The van der Waals surface area contributed by atoms with Gasteiger partial charge in [0, 0.05) is 5.02 Å². The summed E-state index contributed by atoms with van der Waals surface area (Å²) in [5.41, 5.74) is 7.13. The van der Waals surface area contributed by atoms with Crippen molar-refractivity contribution in [2.45, 2.75) is 6.92 Å². The molecule has 0 aromatic heterocycles. The average Bonchev–Trinajstić information content (AvgIpc) is 2.32. The van der Waals surface area contributed by atoms with Crippen LogP contribution in [0.25, 0.3) is 0 Å². The number of aryl methyl sites for hydroxylation is 1. The first-order valence-electron chi connectivity index (χ1n) is 5.51. The highest BCUT2D eigenvalue weighted by Gasteiger charge is 2.12. The number of nitrogens with two attached hydrogens (primary N) is 1. The Morgan fingerprint density at radius 3 is 2.53 bits per heavy atom. The van der Waals surface area contributed by atoms with Crippen LogP contribution < -0.4 is 10.5 Å². The van der Waals surface area contributed by atoms with Crippen LogP contribution >= 0.6 is 35.4 Å². The van der Waals surface area contributed by atoms with Gasteiger partial charge in [-0.1, -0.05) is 41.5 Å². The van der Waals surface area contributed by atoms with Gasteiger partial charge in [0.1, 0.15) is 16.5 Å². The van der Waals surface area contributed by atoms with Gasteiger partial charge < -0.3 is 10.5 Å². The maximum absolute atomic E-state index is 6.09. The third-order valence-corrected chi connectivity index (χ3v) is 3.33. The van der Waals surface area contributed by atoms with Crippen LogP contribution in [0, 0.1) is 6.92 Å². The first kappa shape index (κ1) is 14.1. The lowest BCUT2D eigenvalue weighted by atomic mass is 10.2. The van der Waals surface area contributed by atoms with E-state index in [9.17, 15) is 0 Å². The van der Waals surface area contributed by atoms with Gasteiger partial charge >= 0.3 is 0 Å². The van der Waals surface area contributed by atoms with E-state index >= 15 is 0 Å². The highest BCUT2D eigenvalue weighted by atomic mass is 35.5. The van der Waals surface area contributed by atoms with Crippen LogP contribution in [-0.4, -0.2) is 4.99 Å². The molecule has 0 spiro atoms. The molecule has 0 aliphatic rings. The summed E-state index contributed by atoms with van der Waals surface area (Å²) in [5.74, 6) is 1.22. The second-order valence-corrected chi connectivity index (χ2v) is 5.27. The Morgan fingerprint density at radius 1 is 1.16 bits per heavy atom. The van der Waals surface area contributed by atoms with Crippen molar-refractivity contribution in [2.75, 3.05) is 0 Å². The van der Waals surface area contributed by atoms with Gasteiger partial charge in [-0.25, -0.2) is 0 Å². The van der Waals surface area contributed by atoms with Gasteiger partial charge in [0.2, 0.25) is 0 Å². The van der Waals surface area contributed by atoms with E-state index in [4.69, 9.17) is 45.9 Å². The number of halogens is 2. The van der Waals surface area contributed by atoms with E-state index in [0.717, 1.165) is 5.56 Å². The molecule has 0 saturated heterocycles. The van der Waals surface area contributed by atoms with Crippen LogP contribution in [0.5, 0.6) is 11.5 Å². The second kappa shape index (κ2) is 5.78. The largest absolute Gasteiger partial charge is 0.456 e. The molecule has 0 fully saturated rings. The molecule has 0 aliphatic carbocycles. The van der Waals surface area contributed by atoms with Gasteiger partial charge in [-0.05, 0) is 42.8 Å². The topological polar surface area (TPSA) is 35.2 Å². The maximum Gasteiger partial charge on any atom is 0.139 e. The predicted octanol–water partition coefficient (Wildman–Crippen LogP) is 4.73. The lowest BCUT2D eigenvalue weighted by Gasteiger charge is -2.13. The molecule has 0 aliphatic heterocycles. The lowest BCUT2D eigenvalue weighted by Crippen LogP contribution is -2.11. The average molecular weight is 312 g/mol. The molecule has 2 nitrogen and oxygen atoms in total. The summed E-state index contributed by atoms with van der Waals surface area (Å²) < 4.78 is 5.83. The molecule has 0 radical (unpaired) electrons. The van der Waals surface area contributed by atoms with E-state index in [1.54, 1.807) is 30.3 Å². The van der Waals surface area contributed by atoms with Gasteiger partial charge in [0.15, 0.2) is 0 Å². The van der Waals surface area contributed by atoms with Gasteiger partial charge in [0.25, 0.3) is 0 Å². The maximum atomic E-state index is 6.09. The molecule has 2 aromatic rings. The van der Waals surface area contributed by atoms with Crippen molar-refractivity contribution in [3.63, 3.8) is 0 Å². The zero-order chi connectivity index (χ0) is 14.0. The van der Waals surface area contributed by atoms with Crippen LogP contribution in [-0.2, 0) is 0 Å². The van der Waals surface area contributed by atoms with E-state index in [0.29, 0.717) is 27.1 Å². The quantitative estimate of drug-likeness (QED) is 0.832. The molecule has 0 atom stereocenters. The Morgan fingerprint density at radius 2 is 1.89 bits per heavy atom. The summed E-state index contributed by atoms with van der Waals surface area (Å²) >= 11 is 17.0. The Balaban J connectivity index is 2.44. The molecule has 0 saturated carbocycles. The lowest BCUT2D eigenvalue weighted by molar-refractivity contribution is 0.478. The van der Waals surface area contributed by atoms with E-state index in [2.05, 4.69) is 0 Å². The minimum atomic E-state index is 0.201. The molecular formula is C14H11Cl2NOS. The predicted molar refractivity (Wildman–Crippen MR) is 83.6 cm³/mol. The van der Waals surface area contributed by atoms with E-state index < -0.39 is 0 Å². The molecule has 0 amide bonds. The van der Waals surface area contributed by atoms with Crippen molar-refractivity contribution in [1.29, 1.82) is 0 Å². The standard InChI is InChI=1S/C14H11Cl2NOS/c1-8-7-9(15)5-6-11(8)18-12-4-2-3-10(16)13(12)14(17)19/h2-7H,1H3,(H2,17,19). The van der Waals surface area contributed by atoms with Crippen LogP contribution in [0.1, 0.15) is 11.1 Å². The van der Waals surface area contributed by atoms with Crippen molar-refractivity contribution in [3.05, 3.63) is 57.6 Å². The number of ether oxygens (including phenoxy) is 1. The number of thiocarbonyl (C=S) groups is 1. The minimum absolute atomic E-state index is 0.201. The van der Waals surface area contributed by atoms with Crippen LogP contribution in [0.2, 0.25) is 10.0 Å². The smallest absolute Gasteiger partial charge is 0.139 e. The second-order valence-electron chi connectivity index (χ2n) is 3.99. The van der Waals surface area contributed by atoms with Crippen molar-refractivity contribution >= 4 is 40.4 Å². The number of hydrogen-bond donors (Lipinski definition) is 1. The summed E-state index contributed by atoms with van der Waals surface area (Å²) in [5, 5.41) is 1.13. The molecular weight excluding hydrogens is 301 g/mol. The Hall–Kier alpha value is -1.29. The van der Waals surface area contributed by atoms with Crippen LogP contribution in [0.4, 0.5) is 0 Å². The fourth-order valence-corrected chi connectivity index (χ4v) is 2.44. The fourth-order valence-electron chi connectivity index (χ4n) is 1.67. The third kappa shape index (κ3) is 3.18. The SMILES string of the molecule is Cc1cc(Cl)ccc1Oc1cccc(Cl)c1C(N)=S. The molecule has 2 rings (SSSR count). The van der Waals surface area contributed by atoms with Crippen LogP contribution in [0.3, 0.4) is 0 Å². The third-order valence-electron chi connectivity index (χ3n) is 2.58. The van der Waals surface area contributed by atoms with Crippen LogP contribution in [0.15, 0.2) is 36.4 Å². The van der Waals surface area contributed by atoms with Gasteiger partial charge in [-0.15, -0.1) is 0 Å². The zero-order valence-corrected chi connectivity index (χ0v) is 12.4. The molecule has 19 heavy (non-hydrogen) atoms. The molecule has 2 N–H and O–H groups in total. The minimum Gasteiger partial charge on any atom is -0.456 e. The summed E-state index contributed by atoms with van der Waals surface area (Å²) in [6, 6.07) is 10.6. The summed E-state index contributed by atoms with van der Waals surface area (Å²) in [6.07, 6.45) is 0. The van der Waals surface area contributed by atoms with Crippen molar-refractivity contribution in [3.8, 4) is 11.5 Å². The summed E-state index contributed by atoms with van der Waals surface area (Å²) in [6.45, 7) is 1.91. The summed E-state index contributed by atoms with van der Waals surface area (Å²) in [7, 11) is 0. The van der Waals surface area contributed by atoms with Crippen molar-refractivity contribution in [1.82, 2.24) is 0 Å². The normalized spacial score (nSPS) is 10.3. The number of benzene rings is 2. The first-order valence-corrected chi connectivity index (χ1v) is 6.68. The monoisotopic (exact) mass is 311 g/mol. The first-order chi connectivity index (χ1) is 8.99. The highest BCUT2D eigenvalue weighted by Crippen LogP contribution is 2.32. The molecule has 0 heterocycles. The molecule has 98 valence electrons. The number of rotatable bonds is 3. The fraction of sp³-hybridized carbons (Fsp3) is 0.0714.